The zero-order valence-corrected chi connectivity index (χ0v) is 18.4. The molecule has 10 nitrogen and oxygen atoms in total. The first-order chi connectivity index (χ1) is 14.7. The molecular formula is C19H24N4O6S2. The van der Waals surface area contributed by atoms with E-state index in [2.05, 4.69) is 9.62 Å². The van der Waals surface area contributed by atoms with E-state index in [-0.39, 0.29) is 6.54 Å². The molecule has 31 heavy (non-hydrogen) atoms. The maximum absolute atomic E-state index is 12.6. The highest BCUT2D eigenvalue weighted by atomic mass is 32.2. The molecule has 1 aliphatic heterocycles. The fourth-order valence-corrected chi connectivity index (χ4v) is 6.02. The first kappa shape index (κ1) is 23.3. The molecule has 0 saturated carbocycles. The lowest BCUT2D eigenvalue weighted by molar-refractivity contribution is -0.387. The third-order valence-corrected chi connectivity index (χ3v) is 8.36. The van der Waals surface area contributed by atoms with E-state index in [0.29, 0.717) is 26.2 Å². The third-order valence-electron chi connectivity index (χ3n) is 4.98. The molecule has 1 fully saturated rings. The molecule has 0 unspecified atom stereocenters. The Morgan fingerprint density at radius 2 is 1.52 bits per heavy atom. The molecule has 0 spiro atoms. The van der Waals surface area contributed by atoms with E-state index in [4.69, 9.17) is 0 Å². The van der Waals surface area contributed by atoms with Crippen LogP contribution in [0.5, 0.6) is 0 Å². The fourth-order valence-electron chi connectivity index (χ4n) is 3.35. The lowest BCUT2D eigenvalue weighted by Gasteiger charge is -2.34. The minimum atomic E-state index is -4.22. The lowest BCUT2D eigenvalue weighted by atomic mass is 10.2. The summed E-state index contributed by atoms with van der Waals surface area (Å²) in [6.07, 6.45) is 0. The summed E-state index contributed by atoms with van der Waals surface area (Å²) in [7, 11) is -7.88. The second kappa shape index (κ2) is 9.83. The zero-order chi connectivity index (χ0) is 22.5. The number of nitro groups is 1. The van der Waals surface area contributed by atoms with Crippen LogP contribution in [0, 0.1) is 10.1 Å². The molecule has 2 aromatic carbocycles. The van der Waals surface area contributed by atoms with Crippen LogP contribution in [-0.2, 0) is 26.6 Å². The topological polar surface area (TPSA) is 130 Å². The molecule has 0 radical (unpaired) electrons. The zero-order valence-electron chi connectivity index (χ0n) is 16.8. The van der Waals surface area contributed by atoms with Gasteiger partial charge in [-0.1, -0.05) is 42.5 Å². The molecule has 12 heteroatoms. The molecule has 0 amide bonds. The van der Waals surface area contributed by atoms with Gasteiger partial charge in [-0.15, -0.1) is 0 Å². The largest absolute Gasteiger partial charge is 0.296 e. The van der Waals surface area contributed by atoms with Gasteiger partial charge in [-0.3, -0.25) is 15.0 Å². The number of piperazine rings is 1. The Kier molecular flexibility index (Phi) is 7.38. The minimum absolute atomic E-state index is 0.325. The predicted molar refractivity (Wildman–Crippen MR) is 115 cm³/mol. The van der Waals surface area contributed by atoms with Crippen LogP contribution in [-0.4, -0.2) is 69.4 Å². The highest BCUT2D eigenvalue weighted by Crippen LogP contribution is 2.22. The number of nitrogens with one attached hydrogen (secondary N) is 1. The Balaban J connectivity index is 1.53. The van der Waals surface area contributed by atoms with Crippen LogP contribution in [0.25, 0.3) is 0 Å². The summed E-state index contributed by atoms with van der Waals surface area (Å²) in [5, 5.41) is 11.1. The lowest BCUT2D eigenvalue weighted by Crippen LogP contribution is -2.49. The highest BCUT2D eigenvalue weighted by molar-refractivity contribution is 7.90. The monoisotopic (exact) mass is 468 g/mol. The Morgan fingerprint density at radius 1 is 0.903 bits per heavy atom. The molecule has 0 aliphatic carbocycles. The van der Waals surface area contributed by atoms with Gasteiger partial charge in [0.1, 0.15) is 0 Å². The van der Waals surface area contributed by atoms with Gasteiger partial charge in [-0.25, -0.2) is 21.6 Å². The van der Waals surface area contributed by atoms with Gasteiger partial charge in [0.25, 0.3) is 5.69 Å². The number of nitrogens with zero attached hydrogens (tertiary/aromatic N) is 3. The summed E-state index contributed by atoms with van der Waals surface area (Å²) in [4.78, 5) is 11.9. The fraction of sp³-hybridized carbons (Fsp3) is 0.368. The van der Waals surface area contributed by atoms with E-state index < -0.39 is 41.3 Å². The Labute approximate surface area is 181 Å². The van der Waals surface area contributed by atoms with Crippen molar-refractivity contribution in [3.05, 3.63) is 70.3 Å². The van der Waals surface area contributed by atoms with Crippen LogP contribution in [0.2, 0.25) is 0 Å². The minimum Gasteiger partial charge on any atom is -0.296 e. The second-order valence-corrected chi connectivity index (χ2v) is 10.9. The first-order valence-corrected chi connectivity index (χ1v) is 12.8. The van der Waals surface area contributed by atoms with E-state index in [1.807, 2.05) is 30.3 Å². The molecule has 3 rings (SSSR count). The van der Waals surface area contributed by atoms with E-state index in [9.17, 15) is 26.9 Å². The summed E-state index contributed by atoms with van der Waals surface area (Å²) in [5.41, 5.74) is 0.593. The van der Waals surface area contributed by atoms with E-state index in [0.717, 1.165) is 24.2 Å². The molecule has 0 aromatic heterocycles. The third kappa shape index (κ3) is 6.08. The van der Waals surface area contributed by atoms with Gasteiger partial charge in [0.2, 0.25) is 20.0 Å². The van der Waals surface area contributed by atoms with Crippen LogP contribution < -0.4 is 4.72 Å². The smallest absolute Gasteiger partial charge is 0.289 e. The molecule has 168 valence electrons. The van der Waals surface area contributed by atoms with Crippen molar-refractivity contribution in [3.63, 3.8) is 0 Å². The molecule has 1 heterocycles. The predicted octanol–water partition coefficient (Wildman–Crippen LogP) is 1.02. The van der Waals surface area contributed by atoms with Crippen molar-refractivity contribution >= 4 is 25.7 Å². The van der Waals surface area contributed by atoms with Gasteiger partial charge in [0, 0.05) is 45.3 Å². The molecule has 1 saturated heterocycles. The Bertz CT molecular complexity index is 1120. The van der Waals surface area contributed by atoms with Gasteiger partial charge < -0.3 is 0 Å². The molecule has 0 atom stereocenters. The van der Waals surface area contributed by atoms with Crippen molar-refractivity contribution < 1.29 is 21.8 Å². The number of hydrogen-bond donors (Lipinski definition) is 1. The molecule has 1 N–H and O–H groups in total. The van der Waals surface area contributed by atoms with Gasteiger partial charge in [0.05, 0.1) is 10.7 Å². The molecule has 1 aliphatic rings. The number of sulfonamides is 2. The number of rotatable bonds is 9. The second-order valence-electron chi connectivity index (χ2n) is 7.10. The molecular weight excluding hydrogens is 444 g/mol. The summed E-state index contributed by atoms with van der Waals surface area (Å²) >= 11 is 0. The quantitative estimate of drug-likeness (QED) is 0.429. The maximum Gasteiger partial charge on any atom is 0.289 e. The number of hydrogen-bond acceptors (Lipinski definition) is 7. The van der Waals surface area contributed by atoms with Crippen LogP contribution >= 0.6 is 0 Å². The standard InChI is InChI=1S/C19H24N4O6S2/c24-23(25)18-8-4-5-9-19(18)31(28,29)20-10-15-30(26,27)22-13-11-21(12-14-22)16-17-6-2-1-3-7-17/h1-9,20H,10-16H2. The Morgan fingerprint density at radius 3 is 2.16 bits per heavy atom. The first-order valence-electron chi connectivity index (χ1n) is 9.66. The van der Waals surface area contributed by atoms with Gasteiger partial charge in [-0.2, -0.15) is 4.31 Å². The van der Waals surface area contributed by atoms with Crippen molar-refractivity contribution in [3.8, 4) is 0 Å². The molecule has 0 bridgehead atoms. The summed E-state index contributed by atoms with van der Waals surface area (Å²) in [5.74, 6) is -0.425. The van der Waals surface area contributed by atoms with Crippen molar-refractivity contribution in [1.82, 2.24) is 13.9 Å². The number of nitro benzene ring substituents is 1. The maximum atomic E-state index is 12.6. The van der Waals surface area contributed by atoms with Gasteiger partial charge >= 0.3 is 0 Å². The average Bonchev–Trinajstić information content (AvgIpc) is 2.74. The average molecular weight is 469 g/mol. The van der Waals surface area contributed by atoms with Crippen molar-refractivity contribution in [2.75, 3.05) is 38.5 Å². The van der Waals surface area contributed by atoms with Crippen molar-refractivity contribution in [1.29, 1.82) is 0 Å². The number of para-hydroxylation sites is 1. The van der Waals surface area contributed by atoms with E-state index >= 15 is 0 Å². The van der Waals surface area contributed by atoms with Crippen LogP contribution in [0.3, 0.4) is 0 Å². The van der Waals surface area contributed by atoms with Crippen molar-refractivity contribution in [2.45, 2.75) is 11.4 Å². The van der Waals surface area contributed by atoms with Crippen LogP contribution in [0.4, 0.5) is 5.69 Å². The summed E-state index contributed by atoms with van der Waals surface area (Å²) < 4.78 is 53.5. The highest BCUT2D eigenvalue weighted by Gasteiger charge is 2.29. The Hall–Kier alpha value is -2.38. The SMILES string of the molecule is O=[N+]([O-])c1ccccc1S(=O)(=O)NCCS(=O)(=O)N1CCN(Cc2ccccc2)CC1. The van der Waals surface area contributed by atoms with Crippen LogP contribution in [0.15, 0.2) is 59.5 Å². The summed E-state index contributed by atoms with van der Waals surface area (Å²) in [6.45, 7) is 2.18. The van der Waals surface area contributed by atoms with Gasteiger partial charge in [-0.05, 0) is 11.6 Å². The molecule has 2 aromatic rings. The van der Waals surface area contributed by atoms with E-state index in [1.54, 1.807) is 0 Å². The van der Waals surface area contributed by atoms with Gasteiger partial charge in [0.15, 0.2) is 4.90 Å². The van der Waals surface area contributed by atoms with Crippen molar-refractivity contribution in [2.24, 2.45) is 0 Å². The number of benzene rings is 2. The summed E-state index contributed by atoms with van der Waals surface area (Å²) in [6, 6.07) is 14.8. The normalized spacial score (nSPS) is 16.3. The van der Waals surface area contributed by atoms with Crippen LogP contribution in [0.1, 0.15) is 5.56 Å². The van der Waals surface area contributed by atoms with E-state index in [1.165, 1.54) is 16.4 Å².